The summed E-state index contributed by atoms with van der Waals surface area (Å²) in [4.78, 5) is 3.36. The van der Waals surface area contributed by atoms with Gasteiger partial charge in [-0.2, -0.15) is 5.26 Å². The smallest absolute Gasteiger partial charge is 0.407 e. The summed E-state index contributed by atoms with van der Waals surface area (Å²) in [6.45, 7) is 12.3. The maximum Gasteiger partial charge on any atom is 0.493 e. The van der Waals surface area contributed by atoms with Gasteiger partial charge in [0.1, 0.15) is 0 Å². The molecule has 1 aliphatic rings. The maximum absolute atomic E-state index is 9.08. The van der Waals surface area contributed by atoms with Crippen molar-refractivity contribution in [2.75, 3.05) is 13.2 Å². The molecular formula is C13H13BN2O2. The first kappa shape index (κ1) is 12.6. The number of nitriles is 1. The average Bonchev–Trinajstić information content (AvgIpc) is 2.38. The van der Waals surface area contributed by atoms with Gasteiger partial charge in [-0.25, -0.2) is 4.85 Å². The predicted molar refractivity (Wildman–Crippen MR) is 68.5 cm³/mol. The summed E-state index contributed by atoms with van der Waals surface area (Å²) < 4.78 is 11.3. The molecule has 1 aromatic carbocycles. The van der Waals surface area contributed by atoms with Gasteiger partial charge in [0.25, 0.3) is 0 Å². The molecule has 0 atom stereocenters. The third-order valence-electron chi connectivity index (χ3n) is 2.79. The van der Waals surface area contributed by atoms with Crippen molar-refractivity contribution < 1.29 is 9.31 Å². The second kappa shape index (κ2) is 4.82. The molecule has 0 saturated carbocycles. The van der Waals surface area contributed by atoms with Crippen LogP contribution in [0.4, 0.5) is 5.69 Å². The van der Waals surface area contributed by atoms with E-state index in [0.717, 1.165) is 0 Å². The Labute approximate surface area is 107 Å². The van der Waals surface area contributed by atoms with E-state index in [9.17, 15) is 0 Å². The Hall–Kier alpha value is -1.82. The molecule has 0 spiro atoms. The van der Waals surface area contributed by atoms with Crippen LogP contribution >= 0.6 is 0 Å². The quantitative estimate of drug-likeness (QED) is 0.556. The van der Waals surface area contributed by atoms with E-state index in [1.54, 1.807) is 18.2 Å². The highest BCUT2D eigenvalue weighted by Gasteiger charge is 2.34. The van der Waals surface area contributed by atoms with Crippen LogP contribution in [0, 0.1) is 23.3 Å². The van der Waals surface area contributed by atoms with Crippen LogP contribution in [0.3, 0.4) is 0 Å². The van der Waals surface area contributed by atoms with E-state index in [1.165, 1.54) is 0 Å². The van der Waals surface area contributed by atoms with Gasteiger partial charge in [-0.1, -0.05) is 32.0 Å². The molecule has 2 rings (SSSR count). The van der Waals surface area contributed by atoms with Gasteiger partial charge in [-0.05, 0) is 5.46 Å². The number of benzene rings is 1. The van der Waals surface area contributed by atoms with Gasteiger partial charge in [0.05, 0.1) is 12.6 Å². The number of nitrogens with zero attached hydrogens (tertiary/aromatic N) is 2. The highest BCUT2D eigenvalue weighted by molar-refractivity contribution is 6.62. The minimum Gasteiger partial charge on any atom is -0.407 e. The van der Waals surface area contributed by atoms with Crippen molar-refractivity contribution in [3.8, 4) is 6.07 Å². The van der Waals surface area contributed by atoms with Crippen LogP contribution in [0.15, 0.2) is 18.2 Å². The van der Waals surface area contributed by atoms with Gasteiger partial charge in [0.2, 0.25) is 0 Å². The third-order valence-corrected chi connectivity index (χ3v) is 2.79. The maximum atomic E-state index is 9.08. The molecule has 1 heterocycles. The lowest BCUT2D eigenvalue weighted by atomic mass is 9.73. The third kappa shape index (κ3) is 2.54. The van der Waals surface area contributed by atoms with Crippen LogP contribution in [0.5, 0.6) is 0 Å². The molecule has 0 N–H and O–H groups in total. The molecule has 1 saturated heterocycles. The van der Waals surface area contributed by atoms with Gasteiger partial charge >= 0.3 is 7.12 Å². The van der Waals surface area contributed by atoms with Gasteiger partial charge in [0, 0.05) is 24.2 Å². The van der Waals surface area contributed by atoms with Crippen LogP contribution in [0.2, 0.25) is 0 Å². The molecule has 4 nitrogen and oxygen atoms in total. The molecule has 18 heavy (non-hydrogen) atoms. The summed E-state index contributed by atoms with van der Waals surface area (Å²) in [5.41, 5.74) is 1.61. The largest absolute Gasteiger partial charge is 0.493 e. The highest BCUT2D eigenvalue weighted by Crippen LogP contribution is 2.22. The Kier molecular flexibility index (Phi) is 3.38. The molecule has 0 bridgehead atoms. The fraction of sp³-hybridized carbons (Fsp3) is 0.385. The van der Waals surface area contributed by atoms with E-state index in [2.05, 4.69) is 24.8 Å². The van der Waals surface area contributed by atoms with Gasteiger partial charge < -0.3 is 9.31 Å². The van der Waals surface area contributed by atoms with E-state index in [-0.39, 0.29) is 5.41 Å². The number of hydrogen-bond acceptors (Lipinski definition) is 3. The zero-order valence-corrected chi connectivity index (χ0v) is 10.4. The molecule has 0 aromatic heterocycles. The summed E-state index contributed by atoms with van der Waals surface area (Å²) >= 11 is 0. The molecule has 0 unspecified atom stereocenters. The van der Waals surface area contributed by atoms with Crippen molar-refractivity contribution in [3.05, 3.63) is 35.2 Å². The topological polar surface area (TPSA) is 46.6 Å². The SMILES string of the molecule is [C-]#[N+]c1ccc(C#N)c(B2OCC(C)(C)CO2)c1. The Morgan fingerprint density at radius 2 is 2.06 bits per heavy atom. The van der Waals surface area contributed by atoms with Crippen molar-refractivity contribution in [3.63, 3.8) is 0 Å². The van der Waals surface area contributed by atoms with Crippen LogP contribution in [0.25, 0.3) is 4.85 Å². The van der Waals surface area contributed by atoms with Crippen molar-refractivity contribution in [2.24, 2.45) is 5.41 Å². The normalized spacial score (nSPS) is 17.9. The fourth-order valence-corrected chi connectivity index (χ4v) is 1.79. The lowest BCUT2D eigenvalue weighted by Crippen LogP contribution is -2.48. The highest BCUT2D eigenvalue weighted by atomic mass is 16.6. The summed E-state index contributed by atoms with van der Waals surface area (Å²) in [7, 11) is -0.547. The van der Waals surface area contributed by atoms with Crippen LogP contribution < -0.4 is 5.46 Å². The predicted octanol–water partition coefficient (Wildman–Crippen LogP) is 1.88. The summed E-state index contributed by atoms with van der Waals surface area (Å²) in [6.07, 6.45) is 0. The lowest BCUT2D eigenvalue weighted by Gasteiger charge is -2.33. The molecule has 0 amide bonds. The Morgan fingerprint density at radius 3 is 2.61 bits per heavy atom. The first-order chi connectivity index (χ1) is 8.55. The van der Waals surface area contributed by atoms with Gasteiger partial charge in [0.15, 0.2) is 5.69 Å². The molecule has 0 radical (unpaired) electrons. The lowest BCUT2D eigenvalue weighted by molar-refractivity contribution is 0.0343. The first-order valence-corrected chi connectivity index (χ1v) is 5.70. The van der Waals surface area contributed by atoms with Crippen LogP contribution in [-0.4, -0.2) is 20.3 Å². The minimum atomic E-state index is -0.547. The van der Waals surface area contributed by atoms with Gasteiger partial charge in [-0.15, -0.1) is 0 Å². The van der Waals surface area contributed by atoms with E-state index in [4.69, 9.17) is 21.1 Å². The molecule has 0 aliphatic carbocycles. The zero-order chi connectivity index (χ0) is 13.2. The van der Waals surface area contributed by atoms with Crippen molar-refractivity contribution in [1.82, 2.24) is 0 Å². The zero-order valence-electron chi connectivity index (χ0n) is 10.4. The first-order valence-electron chi connectivity index (χ1n) is 5.70. The number of hydrogen-bond donors (Lipinski definition) is 0. The molecule has 1 fully saturated rings. The summed E-state index contributed by atoms with van der Waals surface area (Å²) in [6, 6.07) is 7.02. The Morgan fingerprint density at radius 1 is 1.39 bits per heavy atom. The summed E-state index contributed by atoms with van der Waals surface area (Å²) in [5.74, 6) is 0. The van der Waals surface area contributed by atoms with E-state index < -0.39 is 7.12 Å². The minimum absolute atomic E-state index is 0.0132. The standard InChI is InChI=1S/C13H13BN2O2/c1-13(2)8-17-14(18-9-13)12-6-11(16-3)5-4-10(12)7-15/h4-6H,8-9H2,1-2H3. The molecule has 1 aromatic rings. The van der Waals surface area contributed by atoms with Crippen molar-refractivity contribution in [1.29, 1.82) is 5.26 Å². The van der Waals surface area contributed by atoms with Crippen LogP contribution in [-0.2, 0) is 9.31 Å². The van der Waals surface area contributed by atoms with E-state index in [0.29, 0.717) is 29.9 Å². The van der Waals surface area contributed by atoms with Gasteiger partial charge in [-0.3, -0.25) is 0 Å². The van der Waals surface area contributed by atoms with E-state index in [1.807, 2.05) is 0 Å². The van der Waals surface area contributed by atoms with Crippen molar-refractivity contribution >= 4 is 18.3 Å². The second-order valence-electron chi connectivity index (χ2n) is 5.11. The summed E-state index contributed by atoms with van der Waals surface area (Å²) in [5, 5.41) is 9.08. The van der Waals surface area contributed by atoms with Crippen molar-refractivity contribution in [2.45, 2.75) is 13.8 Å². The van der Waals surface area contributed by atoms with Crippen LogP contribution in [0.1, 0.15) is 19.4 Å². The monoisotopic (exact) mass is 240 g/mol. The Balaban J connectivity index is 2.29. The molecular weight excluding hydrogens is 227 g/mol. The fourth-order valence-electron chi connectivity index (χ4n) is 1.79. The number of rotatable bonds is 1. The Bertz CT molecular complexity index is 533. The molecule has 1 aliphatic heterocycles. The molecule has 5 heteroatoms. The molecule has 90 valence electrons. The second-order valence-corrected chi connectivity index (χ2v) is 5.11. The van der Waals surface area contributed by atoms with E-state index >= 15 is 0 Å². The average molecular weight is 240 g/mol.